The summed E-state index contributed by atoms with van der Waals surface area (Å²) in [6.45, 7) is 0. The molecule has 0 unspecified atom stereocenters. The highest BCUT2D eigenvalue weighted by atomic mass is 19.1. The van der Waals surface area contributed by atoms with Crippen LogP contribution in [-0.4, -0.2) is 21.3 Å². The molecule has 0 fully saturated rings. The first kappa shape index (κ1) is 14.1. The fourth-order valence-corrected chi connectivity index (χ4v) is 1.68. The van der Waals surface area contributed by atoms with Crippen molar-refractivity contribution in [2.45, 2.75) is 25.7 Å². The lowest BCUT2D eigenvalue weighted by atomic mass is 10.1. The molecular formula is C13H14FN3O3. The van der Waals surface area contributed by atoms with Gasteiger partial charge in [0.15, 0.2) is 5.82 Å². The summed E-state index contributed by atoms with van der Waals surface area (Å²) in [5, 5.41) is 12.2. The molecule has 1 aromatic carbocycles. The van der Waals surface area contributed by atoms with Crippen LogP contribution in [0.3, 0.4) is 0 Å². The Morgan fingerprint density at radius 1 is 1.25 bits per heavy atom. The van der Waals surface area contributed by atoms with Crippen molar-refractivity contribution in [1.82, 2.24) is 15.6 Å². The van der Waals surface area contributed by atoms with Gasteiger partial charge in [0.05, 0.1) is 0 Å². The van der Waals surface area contributed by atoms with Crippen LogP contribution in [0.2, 0.25) is 0 Å². The van der Waals surface area contributed by atoms with E-state index in [1.807, 2.05) is 0 Å². The maximum atomic E-state index is 12.7. The molecule has 2 N–H and O–H groups in total. The molecule has 0 aliphatic rings. The van der Waals surface area contributed by atoms with Crippen LogP contribution in [0.4, 0.5) is 4.39 Å². The molecule has 0 atom stereocenters. The number of carbonyl (C=O) groups is 1. The van der Waals surface area contributed by atoms with E-state index >= 15 is 0 Å². The molecule has 7 heteroatoms. The molecule has 1 aromatic heterocycles. The average Bonchev–Trinajstić information content (AvgIpc) is 2.92. The number of hydrogen-bond donors (Lipinski definition) is 2. The van der Waals surface area contributed by atoms with E-state index in [0.29, 0.717) is 24.6 Å². The van der Waals surface area contributed by atoms with Gasteiger partial charge in [-0.2, -0.15) is 4.98 Å². The van der Waals surface area contributed by atoms with Crippen LogP contribution in [0.5, 0.6) is 0 Å². The zero-order chi connectivity index (χ0) is 14.4. The number of aryl methyl sites for hydroxylation is 3. The first-order valence-electron chi connectivity index (χ1n) is 6.16. The average molecular weight is 279 g/mol. The molecule has 2 rings (SSSR count). The number of benzene rings is 1. The molecule has 1 heterocycles. The van der Waals surface area contributed by atoms with E-state index in [0.717, 1.165) is 5.56 Å². The molecule has 0 aliphatic carbocycles. The number of aromatic nitrogens is 2. The molecule has 0 spiro atoms. The summed E-state index contributed by atoms with van der Waals surface area (Å²) in [4.78, 5) is 15.0. The molecule has 0 saturated heterocycles. The maximum Gasteiger partial charge on any atom is 0.243 e. The quantitative estimate of drug-likeness (QED) is 0.617. The molecule has 0 aliphatic heterocycles. The maximum absolute atomic E-state index is 12.7. The van der Waals surface area contributed by atoms with E-state index in [-0.39, 0.29) is 18.7 Å². The van der Waals surface area contributed by atoms with Crippen LogP contribution < -0.4 is 5.48 Å². The van der Waals surface area contributed by atoms with Gasteiger partial charge in [0, 0.05) is 19.3 Å². The summed E-state index contributed by atoms with van der Waals surface area (Å²) in [5.41, 5.74) is 2.52. The molecule has 20 heavy (non-hydrogen) atoms. The van der Waals surface area contributed by atoms with Gasteiger partial charge in [-0.05, 0) is 24.1 Å². The van der Waals surface area contributed by atoms with E-state index < -0.39 is 5.91 Å². The topological polar surface area (TPSA) is 88.2 Å². The normalized spacial score (nSPS) is 10.5. The molecule has 0 bridgehead atoms. The standard InChI is InChI=1S/C13H14FN3O3/c14-10-4-1-9(2-5-10)3-6-11-15-13(20-17-11)8-7-12(18)16-19/h1-2,4-5,19H,3,6-8H2,(H,16,18). The number of amides is 1. The van der Waals surface area contributed by atoms with Crippen molar-refractivity contribution in [3.8, 4) is 0 Å². The smallest absolute Gasteiger partial charge is 0.243 e. The first-order chi connectivity index (χ1) is 9.67. The highest BCUT2D eigenvalue weighted by molar-refractivity contribution is 5.74. The fourth-order valence-electron chi connectivity index (χ4n) is 1.68. The second-order valence-corrected chi connectivity index (χ2v) is 4.27. The van der Waals surface area contributed by atoms with Crippen LogP contribution in [-0.2, 0) is 24.1 Å². The number of carbonyl (C=O) groups excluding carboxylic acids is 1. The summed E-state index contributed by atoms with van der Waals surface area (Å²) in [6, 6.07) is 6.23. The zero-order valence-electron chi connectivity index (χ0n) is 10.7. The number of hydrogen-bond acceptors (Lipinski definition) is 5. The van der Waals surface area contributed by atoms with Gasteiger partial charge in [0.25, 0.3) is 0 Å². The lowest BCUT2D eigenvalue weighted by molar-refractivity contribution is -0.129. The van der Waals surface area contributed by atoms with E-state index in [1.54, 1.807) is 12.1 Å². The van der Waals surface area contributed by atoms with E-state index in [4.69, 9.17) is 9.73 Å². The Balaban J connectivity index is 1.83. The Morgan fingerprint density at radius 2 is 2.00 bits per heavy atom. The van der Waals surface area contributed by atoms with E-state index in [2.05, 4.69) is 10.1 Å². The highest BCUT2D eigenvalue weighted by Crippen LogP contribution is 2.08. The molecule has 6 nitrogen and oxygen atoms in total. The third kappa shape index (κ3) is 4.13. The third-order valence-corrected chi connectivity index (χ3v) is 2.75. The van der Waals surface area contributed by atoms with Crippen molar-refractivity contribution in [2.24, 2.45) is 0 Å². The predicted octanol–water partition coefficient (Wildman–Crippen LogP) is 1.43. The predicted molar refractivity (Wildman–Crippen MR) is 66.4 cm³/mol. The zero-order valence-corrected chi connectivity index (χ0v) is 10.7. The van der Waals surface area contributed by atoms with Gasteiger partial charge in [-0.25, -0.2) is 9.87 Å². The molecule has 2 aromatic rings. The Bertz CT molecular complexity index is 568. The Morgan fingerprint density at radius 3 is 2.70 bits per heavy atom. The Kier molecular flexibility index (Phi) is 4.78. The van der Waals surface area contributed by atoms with Gasteiger partial charge >= 0.3 is 0 Å². The summed E-state index contributed by atoms with van der Waals surface area (Å²) in [7, 11) is 0. The van der Waals surface area contributed by atoms with Crippen molar-refractivity contribution < 1.29 is 18.9 Å². The molecule has 0 radical (unpaired) electrons. The van der Waals surface area contributed by atoms with E-state index in [9.17, 15) is 9.18 Å². The summed E-state index contributed by atoms with van der Waals surface area (Å²) in [5.74, 6) is 0.116. The van der Waals surface area contributed by atoms with Crippen LogP contribution in [0.1, 0.15) is 23.7 Å². The summed E-state index contributed by atoms with van der Waals surface area (Å²) in [6.07, 6.45) is 1.60. The van der Waals surface area contributed by atoms with Gasteiger partial charge in [-0.15, -0.1) is 0 Å². The minimum Gasteiger partial charge on any atom is -0.339 e. The number of rotatable bonds is 6. The molecular weight excluding hydrogens is 265 g/mol. The van der Waals surface area contributed by atoms with Gasteiger partial charge in [-0.3, -0.25) is 10.0 Å². The second-order valence-electron chi connectivity index (χ2n) is 4.27. The monoisotopic (exact) mass is 279 g/mol. The van der Waals surface area contributed by atoms with Crippen molar-refractivity contribution in [2.75, 3.05) is 0 Å². The minimum atomic E-state index is -0.504. The number of halogens is 1. The van der Waals surface area contributed by atoms with Gasteiger partial charge < -0.3 is 4.52 Å². The van der Waals surface area contributed by atoms with Crippen molar-refractivity contribution >= 4 is 5.91 Å². The van der Waals surface area contributed by atoms with Crippen molar-refractivity contribution in [1.29, 1.82) is 0 Å². The summed E-state index contributed by atoms with van der Waals surface area (Å²) < 4.78 is 17.7. The Labute approximate surface area is 114 Å². The van der Waals surface area contributed by atoms with Gasteiger partial charge in [0.1, 0.15) is 5.82 Å². The van der Waals surface area contributed by atoms with Crippen LogP contribution in [0, 0.1) is 5.82 Å². The SMILES string of the molecule is O=C(CCc1nc(CCc2ccc(F)cc2)no1)NO. The van der Waals surface area contributed by atoms with Crippen LogP contribution in [0.25, 0.3) is 0 Å². The van der Waals surface area contributed by atoms with Crippen molar-refractivity contribution in [3.63, 3.8) is 0 Å². The van der Waals surface area contributed by atoms with Gasteiger partial charge in [-0.1, -0.05) is 17.3 Å². The molecule has 0 saturated carbocycles. The van der Waals surface area contributed by atoms with E-state index in [1.165, 1.54) is 17.6 Å². The van der Waals surface area contributed by atoms with Crippen LogP contribution >= 0.6 is 0 Å². The second kappa shape index (κ2) is 6.76. The largest absolute Gasteiger partial charge is 0.339 e. The van der Waals surface area contributed by atoms with Gasteiger partial charge in [0.2, 0.25) is 11.8 Å². The fraction of sp³-hybridized carbons (Fsp3) is 0.308. The first-order valence-corrected chi connectivity index (χ1v) is 6.16. The lowest BCUT2D eigenvalue weighted by Gasteiger charge is -1.97. The molecule has 106 valence electrons. The number of hydroxylamine groups is 1. The number of nitrogens with one attached hydrogen (secondary N) is 1. The lowest BCUT2D eigenvalue weighted by Crippen LogP contribution is -2.18. The highest BCUT2D eigenvalue weighted by Gasteiger charge is 2.08. The third-order valence-electron chi connectivity index (χ3n) is 2.75. The van der Waals surface area contributed by atoms with Crippen LogP contribution in [0.15, 0.2) is 28.8 Å². The Hall–Kier alpha value is -2.28. The van der Waals surface area contributed by atoms with Crippen molar-refractivity contribution in [3.05, 3.63) is 47.4 Å². The number of nitrogens with zero attached hydrogens (tertiary/aromatic N) is 2. The molecule has 1 amide bonds. The summed E-state index contributed by atoms with van der Waals surface area (Å²) >= 11 is 0. The minimum absolute atomic E-state index is 0.0795.